The van der Waals surface area contributed by atoms with Gasteiger partial charge in [-0.2, -0.15) is 18.2 Å². The van der Waals surface area contributed by atoms with Crippen molar-refractivity contribution in [3.05, 3.63) is 30.2 Å². The van der Waals surface area contributed by atoms with Gasteiger partial charge in [-0.15, -0.1) is 0 Å². The lowest BCUT2D eigenvalue weighted by molar-refractivity contribution is -0.159. The SMILES string of the molecule is COCC(=O)N(C)c1ccc(-c2noc(C(F)(F)F)n2)cc1. The maximum absolute atomic E-state index is 12.4. The van der Waals surface area contributed by atoms with Crippen LogP contribution in [0.15, 0.2) is 28.8 Å². The van der Waals surface area contributed by atoms with Gasteiger partial charge in [0.05, 0.1) is 0 Å². The van der Waals surface area contributed by atoms with Gasteiger partial charge in [0.25, 0.3) is 5.91 Å². The third-order valence-electron chi connectivity index (χ3n) is 2.82. The van der Waals surface area contributed by atoms with Gasteiger partial charge in [-0.05, 0) is 24.3 Å². The van der Waals surface area contributed by atoms with Crippen LogP contribution in [0.4, 0.5) is 18.9 Å². The van der Waals surface area contributed by atoms with Crippen molar-refractivity contribution in [3.63, 3.8) is 0 Å². The summed E-state index contributed by atoms with van der Waals surface area (Å²) in [6.45, 7) is -0.0714. The average molecular weight is 315 g/mol. The Kier molecular flexibility index (Phi) is 4.45. The van der Waals surface area contributed by atoms with E-state index in [0.717, 1.165) is 0 Å². The molecule has 9 heteroatoms. The van der Waals surface area contributed by atoms with Crippen LogP contribution >= 0.6 is 0 Å². The fourth-order valence-electron chi connectivity index (χ4n) is 1.65. The molecule has 0 radical (unpaired) electrons. The molecule has 1 amide bonds. The van der Waals surface area contributed by atoms with Crippen molar-refractivity contribution in [2.45, 2.75) is 6.18 Å². The topological polar surface area (TPSA) is 68.5 Å². The zero-order valence-corrected chi connectivity index (χ0v) is 11.7. The highest BCUT2D eigenvalue weighted by Crippen LogP contribution is 2.29. The molecule has 0 aliphatic rings. The number of likely N-dealkylation sites (N-methyl/N-ethyl adjacent to an activating group) is 1. The monoisotopic (exact) mass is 315 g/mol. The summed E-state index contributed by atoms with van der Waals surface area (Å²) in [5, 5.41) is 3.29. The quantitative estimate of drug-likeness (QED) is 0.866. The molecule has 6 nitrogen and oxygen atoms in total. The first-order valence-corrected chi connectivity index (χ1v) is 6.09. The van der Waals surface area contributed by atoms with E-state index >= 15 is 0 Å². The molecule has 0 fully saturated rings. The molecule has 0 aliphatic carbocycles. The number of hydrogen-bond acceptors (Lipinski definition) is 5. The minimum absolute atomic E-state index is 0.0714. The van der Waals surface area contributed by atoms with Crippen LogP contribution in [0.1, 0.15) is 5.89 Å². The molecule has 2 aromatic rings. The van der Waals surface area contributed by atoms with Gasteiger partial charge >= 0.3 is 12.1 Å². The number of halogens is 3. The standard InChI is InChI=1S/C13H12F3N3O3/c1-19(10(20)7-21-2)9-5-3-8(4-6-9)11-17-12(22-18-11)13(14,15)16/h3-6H,7H2,1-2H3. The Labute approximate surface area is 123 Å². The lowest BCUT2D eigenvalue weighted by Gasteiger charge is -2.16. The number of rotatable bonds is 4. The number of anilines is 1. The number of alkyl halides is 3. The van der Waals surface area contributed by atoms with Crippen LogP contribution < -0.4 is 4.90 Å². The van der Waals surface area contributed by atoms with Gasteiger partial charge in [0.2, 0.25) is 5.82 Å². The summed E-state index contributed by atoms with van der Waals surface area (Å²) < 4.78 is 46.1. The van der Waals surface area contributed by atoms with E-state index in [4.69, 9.17) is 4.74 Å². The predicted octanol–water partition coefficient (Wildman–Crippen LogP) is 2.36. The average Bonchev–Trinajstić information content (AvgIpc) is 2.97. The molecule has 1 heterocycles. The van der Waals surface area contributed by atoms with Crippen LogP contribution in [0.25, 0.3) is 11.4 Å². The fourth-order valence-corrected chi connectivity index (χ4v) is 1.65. The van der Waals surface area contributed by atoms with Crippen LogP contribution in [0, 0.1) is 0 Å². The zero-order valence-electron chi connectivity index (χ0n) is 11.7. The molecule has 0 N–H and O–H groups in total. The molecule has 118 valence electrons. The summed E-state index contributed by atoms with van der Waals surface area (Å²) in [6, 6.07) is 6.12. The van der Waals surface area contributed by atoms with E-state index in [1.165, 1.54) is 24.1 Å². The van der Waals surface area contributed by atoms with E-state index in [-0.39, 0.29) is 18.3 Å². The highest BCUT2D eigenvalue weighted by Gasteiger charge is 2.38. The van der Waals surface area contributed by atoms with E-state index in [1.807, 2.05) is 0 Å². The van der Waals surface area contributed by atoms with Gasteiger partial charge < -0.3 is 14.2 Å². The second-order valence-electron chi connectivity index (χ2n) is 4.35. The Hall–Kier alpha value is -2.42. The van der Waals surface area contributed by atoms with E-state index in [2.05, 4.69) is 14.7 Å². The third kappa shape index (κ3) is 3.42. The molecule has 0 unspecified atom stereocenters. The number of amides is 1. The molecule has 0 atom stereocenters. The number of methoxy groups -OCH3 is 1. The minimum Gasteiger partial charge on any atom is -0.375 e. The first-order chi connectivity index (χ1) is 10.3. The molecule has 0 saturated carbocycles. The fraction of sp³-hybridized carbons (Fsp3) is 0.308. The largest absolute Gasteiger partial charge is 0.471 e. The summed E-state index contributed by atoms with van der Waals surface area (Å²) in [4.78, 5) is 16.3. The third-order valence-corrected chi connectivity index (χ3v) is 2.82. The lowest BCUT2D eigenvalue weighted by Crippen LogP contribution is -2.29. The maximum atomic E-state index is 12.4. The number of hydrogen-bond donors (Lipinski definition) is 0. The van der Waals surface area contributed by atoms with Gasteiger partial charge in [-0.1, -0.05) is 5.16 Å². The second kappa shape index (κ2) is 6.14. The summed E-state index contributed by atoms with van der Waals surface area (Å²) in [5.74, 6) is -1.84. The molecule has 0 bridgehead atoms. The number of carbonyl (C=O) groups excluding carboxylic acids is 1. The van der Waals surface area contributed by atoms with E-state index in [9.17, 15) is 18.0 Å². The molecule has 2 rings (SSSR count). The van der Waals surface area contributed by atoms with E-state index in [0.29, 0.717) is 11.3 Å². The van der Waals surface area contributed by atoms with Crippen LogP contribution in [0.2, 0.25) is 0 Å². The number of carbonyl (C=O) groups is 1. The first-order valence-electron chi connectivity index (χ1n) is 6.09. The van der Waals surface area contributed by atoms with E-state index in [1.54, 1.807) is 19.2 Å². The number of benzene rings is 1. The van der Waals surface area contributed by atoms with Crippen molar-refractivity contribution in [1.82, 2.24) is 10.1 Å². The molecule has 0 spiro atoms. The Morgan fingerprint density at radius 1 is 1.32 bits per heavy atom. The summed E-state index contributed by atoms with van der Waals surface area (Å²) >= 11 is 0. The Morgan fingerprint density at radius 3 is 2.45 bits per heavy atom. The van der Waals surface area contributed by atoms with Crippen molar-refractivity contribution in [1.29, 1.82) is 0 Å². The Morgan fingerprint density at radius 2 is 1.95 bits per heavy atom. The van der Waals surface area contributed by atoms with Gasteiger partial charge in [0.15, 0.2) is 0 Å². The number of aromatic nitrogens is 2. The first kappa shape index (κ1) is 16.0. The Balaban J connectivity index is 2.18. The van der Waals surface area contributed by atoms with Crippen molar-refractivity contribution in [2.24, 2.45) is 0 Å². The summed E-state index contributed by atoms with van der Waals surface area (Å²) in [5.41, 5.74) is 0.904. The zero-order chi connectivity index (χ0) is 16.3. The molecular weight excluding hydrogens is 303 g/mol. The lowest BCUT2D eigenvalue weighted by atomic mass is 10.2. The summed E-state index contributed by atoms with van der Waals surface area (Å²) in [7, 11) is 2.97. The van der Waals surface area contributed by atoms with Crippen molar-refractivity contribution >= 4 is 11.6 Å². The van der Waals surface area contributed by atoms with E-state index < -0.39 is 12.1 Å². The van der Waals surface area contributed by atoms with Gasteiger partial charge in [-0.3, -0.25) is 4.79 Å². The Bertz CT molecular complexity index is 653. The molecule has 0 aliphatic heterocycles. The highest BCUT2D eigenvalue weighted by molar-refractivity contribution is 5.93. The predicted molar refractivity (Wildman–Crippen MR) is 70.0 cm³/mol. The normalized spacial score (nSPS) is 11.5. The smallest absolute Gasteiger partial charge is 0.375 e. The molecular formula is C13H12F3N3O3. The van der Waals surface area contributed by atoms with Crippen LogP contribution in [0.5, 0.6) is 0 Å². The van der Waals surface area contributed by atoms with Crippen molar-refractivity contribution < 1.29 is 27.2 Å². The van der Waals surface area contributed by atoms with Crippen LogP contribution in [-0.2, 0) is 15.7 Å². The van der Waals surface area contributed by atoms with Crippen LogP contribution in [-0.4, -0.2) is 36.8 Å². The van der Waals surface area contributed by atoms with Gasteiger partial charge in [-0.25, -0.2) is 0 Å². The van der Waals surface area contributed by atoms with Gasteiger partial charge in [0, 0.05) is 25.4 Å². The number of nitrogens with zero attached hydrogens (tertiary/aromatic N) is 3. The second-order valence-corrected chi connectivity index (χ2v) is 4.35. The van der Waals surface area contributed by atoms with Crippen LogP contribution in [0.3, 0.4) is 0 Å². The molecule has 22 heavy (non-hydrogen) atoms. The van der Waals surface area contributed by atoms with Gasteiger partial charge in [0.1, 0.15) is 6.61 Å². The molecule has 1 aromatic heterocycles. The maximum Gasteiger partial charge on any atom is 0.471 e. The number of ether oxygens (including phenoxy) is 1. The van der Waals surface area contributed by atoms with Crippen molar-refractivity contribution in [3.8, 4) is 11.4 Å². The molecule has 0 saturated heterocycles. The molecule has 1 aromatic carbocycles. The minimum atomic E-state index is -4.68. The highest BCUT2D eigenvalue weighted by atomic mass is 19.4. The summed E-state index contributed by atoms with van der Waals surface area (Å²) in [6.07, 6.45) is -4.68. The van der Waals surface area contributed by atoms with Crippen molar-refractivity contribution in [2.75, 3.05) is 25.7 Å².